The Morgan fingerprint density at radius 1 is 1.18 bits per heavy atom. The van der Waals surface area contributed by atoms with Gasteiger partial charge in [0.05, 0.1) is 23.5 Å². The van der Waals surface area contributed by atoms with Gasteiger partial charge in [0.25, 0.3) is 0 Å². The Labute approximate surface area is 96.5 Å². The molecule has 4 N–H and O–H groups in total. The van der Waals surface area contributed by atoms with Gasteiger partial charge < -0.3 is 16.2 Å². The van der Waals surface area contributed by atoms with Crippen molar-refractivity contribution >= 4 is 11.4 Å². The molecule has 0 aliphatic heterocycles. The lowest BCUT2D eigenvalue weighted by Crippen LogP contribution is -2.11. The van der Waals surface area contributed by atoms with Crippen LogP contribution in [0.3, 0.4) is 0 Å². The van der Waals surface area contributed by atoms with Crippen LogP contribution in [0, 0.1) is 5.92 Å². The highest BCUT2D eigenvalue weighted by atomic mass is 19.4. The van der Waals surface area contributed by atoms with E-state index in [1.807, 2.05) is 0 Å². The van der Waals surface area contributed by atoms with Crippen molar-refractivity contribution < 1.29 is 17.9 Å². The molecule has 0 amide bonds. The number of hydrogen-bond donors (Lipinski definition) is 2. The first kappa shape index (κ1) is 11.9. The van der Waals surface area contributed by atoms with Gasteiger partial charge >= 0.3 is 6.18 Å². The summed E-state index contributed by atoms with van der Waals surface area (Å²) in [6.07, 6.45) is -2.47. The van der Waals surface area contributed by atoms with Gasteiger partial charge in [-0.25, -0.2) is 0 Å². The summed E-state index contributed by atoms with van der Waals surface area (Å²) in [6.45, 7) is 0.298. The standard InChI is InChI=1S/C11H13F3N2O/c12-11(13,14)7-3-8(15)9(16)4-10(7)17-5-6-1-2-6/h3-4,6H,1-2,5,15-16H2. The highest BCUT2D eigenvalue weighted by molar-refractivity contribution is 5.68. The van der Waals surface area contributed by atoms with Gasteiger partial charge in [-0.15, -0.1) is 0 Å². The van der Waals surface area contributed by atoms with Crippen LogP contribution in [-0.2, 0) is 6.18 Å². The Morgan fingerprint density at radius 3 is 2.29 bits per heavy atom. The molecule has 2 rings (SSSR count). The number of benzene rings is 1. The molecule has 17 heavy (non-hydrogen) atoms. The predicted molar refractivity (Wildman–Crippen MR) is 58.5 cm³/mol. The Kier molecular flexibility index (Phi) is 2.81. The van der Waals surface area contributed by atoms with E-state index in [2.05, 4.69) is 0 Å². The van der Waals surface area contributed by atoms with Crippen LogP contribution in [0.15, 0.2) is 12.1 Å². The Bertz CT molecular complexity index is 427. The molecule has 1 aliphatic carbocycles. The maximum atomic E-state index is 12.7. The summed E-state index contributed by atoms with van der Waals surface area (Å²) in [7, 11) is 0. The van der Waals surface area contributed by atoms with Crippen molar-refractivity contribution in [3.05, 3.63) is 17.7 Å². The van der Waals surface area contributed by atoms with Crippen molar-refractivity contribution in [2.24, 2.45) is 5.92 Å². The minimum atomic E-state index is -4.49. The molecular weight excluding hydrogens is 233 g/mol. The van der Waals surface area contributed by atoms with Crippen molar-refractivity contribution in [3.63, 3.8) is 0 Å². The van der Waals surface area contributed by atoms with E-state index in [0.717, 1.165) is 25.0 Å². The monoisotopic (exact) mass is 246 g/mol. The molecule has 1 saturated carbocycles. The normalized spacial score (nSPS) is 15.9. The number of alkyl halides is 3. The molecule has 0 aromatic heterocycles. The SMILES string of the molecule is Nc1cc(OCC2CC2)c(C(F)(F)F)cc1N. The van der Waals surface area contributed by atoms with E-state index in [1.54, 1.807) is 0 Å². The van der Waals surface area contributed by atoms with Gasteiger partial charge in [-0.05, 0) is 24.8 Å². The van der Waals surface area contributed by atoms with Gasteiger partial charge in [0.15, 0.2) is 0 Å². The molecule has 3 nitrogen and oxygen atoms in total. The first-order chi connectivity index (χ1) is 7.88. The van der Waals surface area contributed by atoms with E-state index in [0.29, 0.717) is 12.5 Å². The molecule has 6 heteroatoms. The fourth-order valence-corrected chi connectivity index (χ4v) is 1.45. The maximum Gasteiger partial charge on any atom is 0.420 e. The van der Waals surface area contributed by atoms with E-state index >= 15 is 0 Å². The molecule has 1 aromatic carbocycles. The maximum absolute atomic E-state index is 12.7. The topological polar surface area (TPSA) is 61.3 Å². The number of anilines is 2. The molecule has 1 fully saturated rings. The average molecular weight is 246 g/mol. The lowest BCUT2D eigenvalue weighted by molar-refractivity contribution is -0.138. The molecule has 1 aliphatic rings. The number of halogens is 3. The second-order valence-corrected chi connectivity index (χ2v) is 4.23. The largest absolute Gasteiger partial charge is 0.493 e. The Balaban J connectivity index is 2.29. The highest BCUT2D eigenvalue weighted by Gasteiger charge is 2.35. The second kappa shape index (κ2) is 4.01. The van der Waals surface area contributed by atoms with E-state index in [9.17, 15) is 13.2 Å². The summed E-state index contributed by atoms with van der Waals surface area (Å²) in [5, 5.41) is 0. The first-order valence-corrected chi connectivity index (χ1v) is 5.27. The molecule has 0 bridgehead atoms. The number of ether oxygens (including phenoxy) is 1. The molecular formula is C11H13F3N2O. The van der Waals surface area contributed by atoms with Crippen LogP contribution in [0.2, 0.25) is 0 Å². The smallest absolute Gasteiger partial charge is 0.420 e. The van der Waals surface area contributed by atoms with Crippen LogP contribution in [0.4, 0.5) is 24.5 Å². The minimum absolute atomic E-state index is 0.0869. The van der Waals surface area contributed by atoms with Crippen LogP contribution in [0.1, 0.15) is 18.4 Å². The summed E-state index contributed by atoms with van der Waals surface area (Å²) in [5.41, 5.74) is 10.00. The summed E-state index contributed by atoms with van der Waals surface area (Å²) in [6, 6.07) is 1.96. The number of hydrogen-bond acceptors (Lipinski definition) is 3. The average Bonchev–Trinajstić information content (AvgIpc) is 3.01. The van der Waals surface area contributed by atoms with Gasteiger partial charge in [-0.2, -0.15) is 13.2 Å². The lowest BCUT2D eigenvalue weighted by atomic mass is 10.1. The van der Waals surface area contributed by atoms with Crippen LogP contribution in [-0.4, -0.2) is 6.61 Å². The predicted octanol–water partition coefficient (Wildman–Crippen LogP) is 2.66. The fraction of sp³-hybridized carbons (Fsp3) is 0.455. The minimum Gasteiger partial charge on any atom is -0.493 e. The van der Waals surface area contributed by atoms with Gasteiger partial charge in [0.2, 0.25) is 0 Å². The fourth-order valence-electron chi connectivity index (χ4n) is 1.45. The quantitative estimate of drug-likeness (QED) is 0.806. The molecule has 0 spiro atoms. The van der Waals surface area contributed by atoms with Crippen LogP contribution in [0.5, 0.6) is 5.75 Å². The van der Waals surface area contributed by atoms with Crippen molar-refractivity contribution in [1.29, 1.82) is 0 Å². The van der Waals surface area contributed by atoms with E-state index in [1.165, 1.54) is 0 Å². The third-order valence-electron chi connectivity index (χ3n) is 2.66. The molecule has 0 saturated heterocycles. The Morgan fingerprint density at radius 2 is 1.76 bits per heavy atom. The zero-order chi connectivity index (χ0) is 12.6. The molecule has 0 heterocycles. The van der Waals surface area contributed by atoms with Crippen LogP contribution < -0.4 is 16.2 Å². The number of nitrogen functional groups attached to an aromatic ring is 2. The third-order valence-corrected chi connectivity index (χ3v) is 2.66. The van der Waals surface area contributed by atoms with Gasteiger partial charge in [-0.3, -0.25) is 0 Å². The molecule has 94 valence electrons. The van der Waals surface area contributed by atoms with E-state index in [-0.39, 0.29) is 17.1 Å². The number of rotatable bonds is 3. The van der Waals surface area contributed by atoms with Gasteiger partial charge in [0.1, 0.15) is 5.75 Å². The molecule has 1 aromatic rings. The third kappa shape index (κ3) is 2.75. The lowest BCUT2D eigenvalue weighted by Gasteiger charge is -2.15. The van der Waals surface area contributed by atoms with Crippen molar-refractivity contribution in [1.82, 2.24) is 0 Å². The molecule has 0 atom stereocenters. The second-order valence-electron chi connectivity index (χ2n) is 4.23. The first-order valence-electron chi connectivity index (χ1n) is 5.27. The zero-order valence-corrected chi connectivity index (χ0v) is 9.05. The highest BCUT2D eigenvalue weighted by Crippen LogP contribution is 2.40. The Hall–Kier alpha value is -1.59. The summed E-state index contributed by atoms with van der Waals surface area (Å²) >= 11 is 0. The van der Waals surface area contributed by atoms with Crippen molar-refractivity contribution in [3.8, 4) is 5.75 Å². The number of nitrogens with two attached hydrogens (primary N) is 2. The van der Waals surface area contributed by atoms with E-state index < -0.39 is 11.7 Å². The van der Waals surface area contributed by atoms with Gasteiger partial charge in [-0.1, -0.05) is 0 Å². The van der Waals surface area contributed by atoms with Crippen molar-refractivity contribution in [2.45, 2.75) is 19.0 Å². The van der Waals surface area contributed by atoms with Crippen LogP contribution in [0.25, 0.3) is 0 Å². The molecule has 0 unspecified atom stereocenters. The van der Waals surface area contributed by atoms with Crippen molar-refractivity contribution in [2.75, 3.05) is 18.1 Å². The summed E-state index contributed by atoms with van der Waals surface area (Å²) < 4.78 is 43.3. The zero-order valence-electron chi connectivity index (χ0n) is 9.05. The van der Waals surface area contributed by atoms with Crippen LogP contribution >= 0.6 is 0 Å². The van der Waals surface area contributed by atoms with E-state index in [4.69, 9.17) is 16.2 Å². The van der Waals surface area contributed by atoms with Gasteiger partial charge in [0, 0.05) is 6.07 Å². The summed E-state index contributed by atoms with van der Waals surface area (Å²) in [5.74, 6) is 0.131. The summed E-state index contributed by atoms with van der Waals surface area (Å²) in [4.78, 5) is 0. The molecule has 0 radical (unpaired) electrons.